The van der Waals surface area contributed by atoms with Crippen molar-refractivity contribution < 1.29 is 32.4 Å². The molecular formula is C23H30N3O6S2+. The SMILES string of the molecule is COC(=O)c1c(NC(=O)c2ccc(S(=O)(=O)N3CCOCC3)cc2)sc2c1CC[NH+](C(C)C)C2. The van der Waals surface area contributed by atoms with Gasteiger partial charge in [-0.2, -0.15) is 4.31 Å². The topological polar surface area (TPSA) is 106 Å². The third-order valence-corrected chi connectivity index (χ3v) is 9.39. The predicted molar refractivity (Wildman–Crippen MR) is 128 cm³/mol. The maximum Gasteiger partial charge on any atom is 0.341 e. The molecule has 0 bridgehead atoms. The summed E-state index contributed by atoms with van der Waals surface area (Å²) in [5.74, 6) is -0.875. The molecule has 0 saturated carbocycles. The van der Waals surface area contributed by atoms with Gasteiger partial charge in [0, 0.05) is 25.1 Å². The lowest BCUT2D eigenvalue weighted by molar-refractivity contribution is -0.936. The van der Waals surface area contributed by atoms with Crippen molar-refractivity contribution in [3.05, 3.63) is 45.8 Å². The van der Waals surface area contributed by atoms with E-state index in [0.717, 1.165) is 30.0 Å². The van der Waals surface area contributed by atoms with Crippen molar-refractivity contribution in [1.29, 1.82) is 0 Å². The Kier molecular flexibility index (Phi) is 7.39. The number of esters is 1. The molecule has 9 nitrogen and oxygen atoms in total. The van der Waals surface area contributed by atoms with Gasteiger partial charge in [0.25, 0.3) is 5.91 Å². The van der Waals surface area contributed by atoms with Gasteiger partial charge in [0.05, 0.1) is 48.2 Å². The van der Waals surface area contributed by atoms with Crippen LogP contribution >= 0.6 is 11.3 Å². The molecule has 1 aromatic carbocycles. The van der Waals surface area contributed by atoms with Crippen LogP contribution in [0.1, 0.15) is 45.0 Å². The second-order valence-electron chi connectivity index (χ2n) is 8.68. The largest absolute Gasteiger partial charge is 0.465 e. The Balaban J connectivity index is 1.55. The van der Waals surface area contributed by atoms with E-state index in [2.05, 4.69) is 19.2 Å². The lowest BCUT2D eigenvalue weighted by Gasteiger charge is -2.27. The third-order valence-electron chi connectivity index (χ3n) is 6.33. The molecular weight excluding hydrogens is 478 g/mol. The zero-order valence-corrected chi connectivity index (χ0v) is 21.2. The van der Waals surface area contributed by atoms with Crippen LogP contribution in [-0.4, -0.2) is 70.6 Å². The summed E-state index contributed by atoms with van der Waals surface area (Å²) in [6.45, 7) is 7.39. The Morgan fingerprint density at radius 1 is 1.18 bits per heavy atom. The van der Waals surface area contributed by atoms with Gasteiger partial charge in [-0.15, -0.1) is 11.3 Å². The molecule has 0 radical (unpaired) electrons. The maximum atomic E-state index is 13.0. The van der Waals surface area contributed by atoms with Crippen molar-refractivity contribution in [2.24, 2.45) is 0 Å². The number of ether oxygens (including phenoxy) is 2. The van der Waals surface area contributed by atoms with Crippen LogP contribution in [0.5, 0.6) is 0 Å². The highest BCUT2D eigenvalue weighted by molar-refractivity contribution is 7.89. The summed E-state index contributed by atoms with van der Waals surface area (Å²) in [4.78, 5) is 28.2. The van der Waals surface area contributed by atoms with Gasteiger partial charge in [-0.25, -0.2) is 13.2 Å². The van der Waals surface area contributed by atoms with Crippen LogP contribution in [0.2, 0.25) is 0 Å². The van der Waals surface area contributed by atoms with E-state index in [-0.39, 0.29) is 4.90 Å². The minimum Gasteiger partial charge on any atom is -0.465 e. The summed E-state index contributed by atoms with van der Waals surface area (Å²) in [6, 6.07) is 6.30. The quantitative estimate of drug-likeness (QED) is 0.568. The Labute approximate surface area is 203 Å². The van der Waals surface area contributed by atoms with Crippen LogP contribution in [0.25, 0.3) is 0 Å². The zero-order valence-electron chi connectivity index (χ0n) is 19.5. The average Bonchev–Trinajstić information content (AvgIpc) is 3.21. The summed E-state index contributed by atoms with van der Waals surface area (Å²) in [5.41, 5.74) is 1.67. The maximum absolute atomic E-state index is 13.0. The van der Waals surface area contributed by atoms with E-state index in [1.165, 1.54) is 51.9 Å². The summed E-state index contributed by atoms with van der Waals surface area (Å²) in [5, 5.41) is 3.33. The number of hydrogen-bond acceptors (Lipinski definition) is 7. The highest BCUT2D eigenvalue weighted by atomic mass is 32.2. The molecule has 1 amide bonds. The van der Waals surface area contributed by atoms with Crippen LogP contribution in [0.15, 0.2) is 29.2 Å². The minimum absolute atomic E-state index is 0.129. The van der Waals surface area contributed by atoms with Gasteiger partial charge >= 0.3 is 5.97 Å². The molecule has 2 N–H and O–H groups in total. The number of morpholine rings is 1. The summed E-state index contributed by atoms with van der Waals surface area (Å²) in [6.07, 6.45) is 0.744. The fraction of sp³-hybridized carbons (Fsp3) is 0.478. The molecule has 0 aliphatic carbocycles. The number of quaternary nitrogens is 1. The van der Waals surface area contributed by atoms with Crippen LogP contribution in [0.4, 0.5) is 5.00 Å². The van der Waals surface area contributed by atoms with Crippen LogP contribution < -0.4 is 10.2 Å². The van der Waals surface area contributed by atoms with E-state index in [1.54, 1.807) is 0 Å². The van der Waals surface area contributed by atoms with E-state index in [9.17, 15) is 18.0 Å². The van der Waals surface area contributed by atoms with Gasteiger partial charge in [0.15, 0.2) is 0 Å². The Hall–Kier alpha value is -2.31. The van der Waals surface area contributed by atoms with Crippen molar-refractivity contribution in [3.63, 3.8) is 0 Å². The number of amides is 1. The van der Waals surface area contributed by atoms with Crippen LogP contribution in [0.3, 0.4) is 0 Å². The number of thiophene rings is 1. The molecule has 3 heterocycles. The first-order valence-electron chi connectivity index (χ1n) is 11.3. The highest BCUT2D eigenvalue weighted by Crippen LogP contribution is 2.35. The van der Waals surface area contributed by atoms with Gasteiger partial charge in [0.1, 0.15) is 11.5 Å². The van der Waals surface area contributed by atoms with Crippen molar-refractivity contribution >= 4 is 38.2 Å². The van der Waals surface area contributed by atoms with Crippen LogP contribution in [-0.2, 0) is 32.5 Å². The van der Waals surface area contributed by atoms with Gasteiger partial charge in [-0.05, 0) is 43.7 Å². The molecule has 2 aromatic rings. The fourth-order valence-corrected chi connectivity index (χ4v) is 6.98. The van der Waals surface area contributed by atoms with E-state index < -0.39 is 21.9 Å². The zero-order chi connectivity index (χ0) is 24.5. The first kappa shape index (κ1) is 24.8. The third kappa shape index (κ3) is 4.89. The molecule has 1 aromatic heterocycles. The first-order valence-corrected chi connectivity index (χ1v) is 13.5. The number of carbonyl (C=O) groups excluding carboxylic acids is 2. The summed E-state index contributed by atoms with van der Waals surface area (Å²) < 4.78 is 37.2. The second-order valence-corrected chi connectivity index (χ2v) is 11.7. The fourth-order valence-electron chi connectivity index (χ4n) is 4.29. The molecule has 2 aliphatic rings. The molecule has 0 spiro atoms. The molecule has 2 aliphatic heterocycles. The van der Waals surface area contributed by atoms with E-state index in [1.807, 2.05) is 0 Å². The number of rotatable bonds is 6. The van der Waals surface area contributed by atoms with Gasteiger partial charge in [0.2, 0.25) is 10.0 Å². The van der Waals surface area contributed by atoms with Crippen molar-refractivity contribution in [3.8, 4) is 0 Å². The van der Waals surface area contributed by atoms with Crippen molar-refractivity contribution in [1.82, 2.24) is 4.31 Å². The van der Waals surface area contributed by atoms with E-state index >= 15 is 0 Å². The number of carbonyl (C=O) groups is 2. The van der Waals surface area contributed by atoms with E-state index in [4.69, 9.17) is 9.47 Å². The van der Waals surface area contributed by atoms with Crippen molar-refractivity contribution in [2.45, 2.75) is 37.8 Å². The van der Waals surface area contributed by atoms with E-state index in [0.29, 0.717) is 48.5 Å². The van der Waals surface area contributed by atoms with Crippen molar-refractivity contribution in [2.75, 3.05) is 45.3 Å². The molecule has 1 unspecified atom stereocenters. The lowest BCUT2D eigenvalue weighted by atomic mass is 10.0. The Morgan fingerprint density at radius 3 is 2.47 bits per heavy atom. The molecule has 4 rings (SSSR count). The lowest BCUT2D eigenvalue weighted by Crippen LogP contribution is -3.14. The number of sulfonamides is 1. The number of fused-ring (bicyclic) bond motifs is 1. The molecule has 34 heavy (non-hydrogen) atoms. The summed E-state index contributed by atoms with van der Waals surface area (Å²) >= 11 is 1.41. The molecule has 184 valence electrons. The number of nitrogens with zero attached hydrogens (tertiary/aromatic N) is 1. The first-order chi connectivity index (χ1) is 16.2. The minimum atomic E-state index is -3.64. The normalized spacial score (nSPS) is 19.0. The van der Waals surface area contributed by atoms with Gasteiger partial charge < -0.3 is 19.7 Å². The molecule has 1 atom stereocenters. The van der Waals surface area contributed by atoms with Gasteiger partial charge in [-0.1, -0.05) is 0 Å². The Bertz CT molecular complexity index is 1170. The van der Waals surface area contributed by atoms with Crippen LogP contribution in [0, 0.1) is 0 Å². The number of hydrogen-bond donors (Lipinski definition) is 2. The molecule has 11 heteroatoms. The Morgan fingerprint density at radius 2 is 1.85 bits per heavy atom. The average molecular weight is 509 g/mol. The van der Waals surface area contributed by atoms with Gasteiger partial charge in [-0.3, -0.25) is 4.79 Å². The predicted octanol–water partition coefficient (Wildman–Crippen LogP) is 1.16. The molecule has 1 saturated heterocycles. The smallest absolute Gasteiger partial charge is 0.341 e. The molecule has 1 fully saturated rings. The summed E-state index contributed by atoms with van der Waals surface area (Å²) in [7, 11) is -2.31. The highest BCUT2D eigenvalue weighted by Gasteiger charge is 2.32. The number of benzene rings is 1. The second kappa shape index (κ2) is 10.1. The number of methoxy groups -OCH3 is 1. The standard InChI is InChI=1S/C23H29N3O6S2/c1-15(2)25-9-8-18-19(14-25)33-22(20(18)23(28)31-3)24-21(27)16-4-6-17(7-5-16)34(29,30)26-10-12-32-13-11-26/h4-7,15H,8-14H2,1-3H3,(H,24,27)/p+1. The number of nitrogens with one attached hydrogen (secondary N) is 2. The monoisotopic (exact) mass is 508 g/mol. The number of anilines is 1.